The summed E-state index contributed by atoms with van der Waals surface area (Å²) in [5, 5.41) is 14.8. The molecule has 1 aliphatic heterocycles. The third kappa shape index (κ3) is 4.37. The number of halogens is 1. The number of anilines is 1. The number of hydrogen-bond donors (Lipinski definition) is 2. The fraction of sp³-hybridized carbons (Fsp3) is 0.435. The molecule has 0 amide bonds. The molecule has 2 heterocycles. The van der Waals surface area contributed by atoms with Crippen LogP contribution in [0, 0.1) is 5.82 Å². The van der Waals surface area contributed by atoms with E-state index in [2.05, 4.69) is 22.1 Å². The van der Waals surface area contributed by atoms with E-state index in [1.807, 2.05) is 7.05 Å². The minimum atomic E-state index is -0.311. The number of fused-ring (bicyclic) bond motifs is 1. The number of piperidine rings is 1. The number of thiazole rings is 1. The molecule has 1 aliphatic rings. The Morgan fingerprint density at radius 2 is 2.00 bits per heavy atom. The second-order valence-corrected chi connectivity index (χ2v) is 8.81. The lowest BCUT2D eigenvalue weighted by Gasteiger charge is -2.33. The Balaban J connectivity index is 1.70. The zero-order chi connectivity index (χ0) is 21.1. The molecule has 0 aliphatic carbocycles. The number of aromatic nitrogens is 1. The van der Waals surface area contributed by atoms with Crippen molar-refractivity contribution in [3.05, 3.63) is 41.7 Å². The molecule has 4 rings (SSSR count). The largest absolute Gasteiger partial charge is 0.507 e. The maximum absolute atomic E-state index is 13.4. The minimum absolute atomic E-state index is 0.197. The van der Waals surface area contributed by atoms with E-state index >= 15 is 0 Å². The third-order valence-corrected chi connectivity index (χ3v) is 6.75. The predicted molar refractivity (Wildman–Crippen MR) is 121 cm³/mol. The summed E-state index contributed by atoms with van der Waals surface area (Å²) >= 11 is 1.47. The summed E-state index contributed by atoms with van der Waals surface area (Å²) in [7, 11) is 1.82. The van der Waals surface area contributed by atoms with Crippen LogP contribution in [0.1, 0.15) is 44.1 Å². The van der Waals surface area contributed by atoms with Gasteiger partial charge in [-0.2, -0.15) is 0 Å². The van der Waals surface area contributed by atoms with E-state index in [0.29, 0.717) is 11.5 Å². The summed E-state index contributed by atoms with van der Waals surface area (Å²) in [6.07, 6.45) is 4.34. The number of ether oxygens (including phenoxy) is 1. The highest BCUT2D eigenvalue weighted by molar-refractivity contribution is 7.22. The molecule has 0 bridgehead atoms. The molecule has 0 atom stereocenters. The highest BCUT2D eigenvalue weighted by Crippen LogP contribution is 2.47. The normalized spacial score (nSPS) is 15.6. The number of phenolic OH excluding ortho intramolecular Hbond substituents is 1. The topological polar surface area (TPSA) is 57.6 Å². The van der Waals surface area contributed by atoms with Crippen molar-refractivity contribution in [3.8, 4) is 17.2 Å². The van der Waals surface area contributed by atoms with Gasteiger partial charge < -0.3 is 20.1 Å². The second kappa shape index (κ2) is 9.18. The van der Waals surface area contributed by atoms with Crippen molar-refractivity contribution >= 4 is 26.7 Å². The average molecular weight is 430 g/mol. The Kier molecular flexibility index (Phi) is 6.39. The summed E-state index contributed by atoms with van der Waals surface area (Å²) in [5.41, 5.74) is 1.55. The Hall–Kier alpha value is -2.38. The molecule has 2 aromatic carbocycles. The lowest BCUT2D eigenvalue weighted by molar-refractivity contribution is 0.207. The van der Waals surface area contributed by atoms with E-state index in [0.717, 1.165) is 53.4 Å². The average Bonchev–Trinajstić information content (AvgIpc) is 3.17. The van der Waals surface area contributed by atoms with Gasteiger partial charge in [0.05, 0.1) is 4.70 Å². The first-order chi connectivity index (χ1) is 14.6. The molecule has 2 N–H and O–H groups in total. The van der Waals surface area contributed by atoms with Gasteiger partial charge in [0.1, 0.15) is 22.8 Å². The van der Waals surface area contributed by atoms with Crippen LogP contribution in [0.5, 0.6) is 17.2 Å². The zero-order valence-electron chi connectivity index (χ0n) is 17.4. The molecular formula is C23H28FN3O2S. The number of phenols is 1. The van der Waals surface area contributed by atoms with Crippen molar-refractivity contribution in [1.82, 2.24) is 9.88 Å². The summed E-state index contributed by atoms with van der Waals surface area (Å²) in [4.78, 5) is 7.18. The Morgan fingerprint density at radius 1 is 1.27 bits per heavy atom. The number of rotatable bonds is 7. The lowest BCUT2D eigenvalue weighted by atomic mass is 9.87. The van der Waals surface area contributed by atoms with Crippen molar-refractivity contribution in [2.24, 2.45) is 0 Å². The third-order valence-electron chi connectivity index (χ3n) is 5.73. The monoisotopic (exact) mass is 429 g/mol. The first kappa shape index (κ1) is 20.9. The van der Waals surface area contributed by atoms with Gasteiger partial charge in [0.15, 0.2) is 10.9 Å². The molecule has 1 saturated heterocycles. The summed E-state index contributed by atoms with van der Waals surface area (Å²) in [6, 6.07) is 7.76. The SMILES string of the molecule is CCCCN1CCC(c2c(O)cc3sc(NC)nc3c2Oc2ccc(F)cc2)CC1. The molecule has 160 valence electrons. The molecule has 0 radical (unpaired) electrons. The molecule has 30 heavy (non-hydrogen) atoms. The Bertz CT molecular complexity index is 998. The van der Waals surface area contributed by atoms with Crippen molar-refractivity contribution < 1.29 is 14.2 Å². The van der Waals surface area contributed by atoms with Crippen LogP contribution < -0.4 is 10.1 Å². The molecule has 0 unspecified atom stereocenters. The quantitative estimate of drug-likeness (QED) is 0.486. The highest BCUT2D eigenvalue weighted by Gasteiger charge is 2.28. The van der Waals surface area contributed by atoms with Gasteiger partial charge in [-0.05, 0) is 75.1 Å². The number of likely N-dealkylation sites (tertiary alicyclic amines) is 1. The van der Waals surface area contributed by atoms with Crippen LogP contribution in [-0.4, -0.2) is 41.7 Å². The van der Waals surface area contributed by atoms with Crippen molar-refractivity contribution in [2.75, 3.05) is 32.0 Å². The van der Waals surface area contributed by atoms with E-state index in [9.17, 15) is 9.50 Å². The van der Waals surface area contributed by atoms with Crippen molar-refractivity contribution in [2.45, 2.75) is 38.5 Å². The van der Waals surface area contributed by atoms with Gasteiger partial charge in [-0.1, -0.05) is 24.7 Å². The van der Waals surface area contributed by atoms with Gasteiger partial charge >= 0.3 is 0 Å². The number of unbranched alkanes of at least 4 members (excludes halogenated alkanes) is 1. The minimum Gasteiger partial charge on any atom is -0.507 e. The second-order valence-electron chi connectivity index (χ2n) is 7.78. The van der Waals surface area contributed by atoms with Crippen molar-refractivity contribution in [3.63, 3.8) is 0 Å². The summed E-state index contributed by atoms with van der Waals surface area (Å²) in [5.74, 6) is 1.25. The molecule has 0 spiro atoms. The van der Waals surface area contributed by atoms with Crippen LogP contribution in [0.15, 0.2) is 30.3 Å². The Morgan fingerprint density at radius 3 is 2.67 bits per heavy atom. The standard InChI is InChI=1S/C23H28FN3O2S/c1-3-4-11-27-12-9-15(10-13-27)20-18(28)14-19-21(26-23(25-2)30-19)22(20)29-17-7-5-16(24)6-8-17/h5-8,14-15,28H,3-4,9-13H2,1-2H3,(H,25,26). The maximum atomic E-state index is 13.4. The van der Waals surface area contributed by atoms with E-state index in [-0.39, 0.29) is 17.5 Å². The highest BCUT2D eigenvalue weighted by atomic mass is 32.1. The van der Waals surface area contributed by atoms with Crippen LogP contribution >= 0.6 is 11.3 Å². The molecule has 1 fully saturated rings. The van der Waals surface area contributed by atoms with Crippen LogP contribution in [0.3, 0.4) is 0 Å². The number of nitrogens with zero attached hydrogens (tertiary/aromatic N) is 2. The summed E-state index contributed by atoms with van der Waals surface area (Å²) < 4.78 is 20.5. The number of nitrogens with one attached hydrogen (secondary N) is 1. The number of hydrogen-bond acceptors (Lipinski definition) is 6. The number of aromatic hydroxyl groups is 1. The van der Waals surface area contributed by atoms with Gasteiger partial charge in [-0.15, -0.1) is 0 Å². The molecule has 3 aromatic rings. The van der Waals surface area contributed by atoms with Crippen molar-refractivity contribution in [1.29, 1.82) is 0 Å². The smallest absolute Gasteiger partial charge is 0.183 e. The van der Waals surface area contributed by atoms with E-state index in [1.165, 1.54) is 36.3 Å². The first-order valence-electron chi connectivity index (χ1n) is 10.6. The van der Waals surface area contributed by atoms with Crippen LogP contribution in [-0.2, 0) is 0 Å². The fourth-order valence-corrected chi connectivity index (χ4v) is 4.94. The van der Waals surface area contributed by atoms with E-state index < -0.39 is 0 Å². The molecule has 0 saturated carbocycles. The van der Waals surface area contributed by atoms with Gasteiger partial charge in [-0.3, -0.25) is 0 Å². The maximum Gasteiger partial charge on any atom is 0.183 e. The Labute approximate surface area is 180 Å². The molecular weight excluding hydrogens is 401 g/mol. The number of benzene rings is 2. The first-order valence-corrected chi connectivity index (χ1v) is 11.4. The van der Waals surface area contributed by atoms with Gasteiger partial charge in [-0.25, -0.2) is 9.37 Å². The van der Waals surface area contributed by atoms with Crippen LogP contribution in [0.2, 0.25) is 0 Å². The molecule has 7 heteroatoms. The van der Waals surface area contributed by atoms with Gasteiger partial charge in [0.2, 0.25) is 0 Å². The zero-order valence-corrected chi connectivity index (χ0v) is 18.3. The van der Waals surface area contributed by atoms with E-state index in [4.69, 9.17) is 4.74 Å². The lowest BCUT2D eigenvalue weighted by Crippen LogP contribution is -2.33. The van der Waals surface area contributed by atoms with E-state index in [1.54, 1.807) is 18.2 Å². The molecule has 1 aromatic heterocycles. The molecule has 5 nitrogen and oxygen atoms in total. The van der Waals surface area contributed by atoms with Crippen LogP contribution in [0.4, 0.5) is 9.52 Å². The van der Waals surface area contributed by atoms with Gasteiger partial charge in [0.25, 0.3) is 0 Å². The fourth-order valence-electron chi connectivity index (χ4n) is 4.09. The summed E-state index contributed by atoms with van der Waals surface area (Å²) in [6.45, 7) is 5.37. The van der Waals surface area contributed by atoms with Crippen LogP contribution in [0.25, 0.3) is 10.2 Å². The predicted octanol–water partition coefficient (Wildman–Crippen LogP) is 5.95. The van der Waals surface area contributed by atoms with Gasteiger partial charge in [0, 0.05) is 12.6 Å².